The van der Waals surface area contributed by atoms with Gasteiger partial charge in [-0.2, -0.15) is 10.1 Å². The van der Waals surface area contributed by atoms with E-state index in [1.54, 1.807) is 23.7 Å². The number of rotatable bonds is 4. The molecule has 1 amide bonds. The van der Waals surface area contributed by atoms with Crippen LogP contribution in [0.1, 0.15) is 24.1 Å². The Morgan fingerprint density at radius 2 is 2.00 bits per heavy atom. The Kier molecular flexibility index (Phi) is 4.55. The van der Waals surface area contributed by atoms with Crippen molar-refractivity contribution in [3.8, 4) is 0 Å². The predicted octanol–water partition coefficient (Wildman–Crippen LogP) is 3.42. The van der Waals surface area contributed by atoms with E-state index in [9.17, 15) is 14.9 Å². The Bertz CT molecular complexity index is 1150. The first kappa shape index (κ1) is 18.4. The summed E-state index contributed by atoms with van der Waals surface area (Å²) in [5.74, 6) is 0.147. The van der Waals surface area contributed by atoms with E-state index in [1.807, 2.05) is 31.2 Å². The summed E-state index contributed by atoms with van der Waals surface area (Å²) < 4.78 is 1.55. The summed E-state index contributed by atoms with van der Waals surface area (Å²) in [6, 6.07) is 13.0. The summed E-state index contributed by atoms with van der Waals surface area (Å²) in [5.41, 5.74) is 3.15. The third-order valence-electron chi connectivity index (χ3n) is 4.83. The van der Waals surface area contributed by atoms with Gasteiger partial charge in [0.25, 0.3) is 11.6 Å². The zero-order chi connectivity index (χ0) is 20.5. The molecule has 2 heterocycles. The Hall–Kier alpha value is -4.01. The maximum Gasteiger partial charge on any atom is 0.269 e. The number of carbonyl (C=O) groups is 1. The van der Waals surface area contributed by atoms with Crippen LogP contribution in [0.5, 0.6) is 0 Å². The molecule has 0 bridgehead atoms. The average Bonchev–Trinajstić information content (AvgIpc) is 3.16. The van der Waals surface area contributed by atoms with E-state index in [1.165, 1.54) is 18.5 Å². The zero-order valence-electron chi connectivity index (χ0n) is 15.8. The minimum atomic E-state index is -0.655. The Morgan fingerprint density at radius 3 is 2.76 bits per heavy atom. The van der Waals surface area contributed by atoms with Crippen LogP contribution >= 0.6 is 0 Å². The molecule has 0 saturated carbocycles. The van der Waals surface area contributed by atoms with Gasteiger partial charge in [-0.25, -0.2) is 4.68 Å². The number of amides is 1. The van der Waals surface area contributed by atoms with Gasteiger partial charge in [-0.05, 0) is 31.0 Å². The molecule has 9 nitrogen and oxygen atoms in total. The third kappa shape index (κ3) is 3.33. The van der Waals surface area contributed by atoms with Gasteiger partial charge in [0.1, 0.15) is 12.4 Å². The maximum absolute atomic E-state index is 13.3. The minimum absolute atomic E-state index is 0.0565. The quantitative estimate of drug-likeness (QED) is 0.521. The van der Waals surface area contributed by atoms with Gasteiger partial charge in [0.05, 0.1) is 10.5 Å². The molecule has 9 heteroatoms. The Balaban J connectivity index is 1.80. The molecule has 3 aromatic rings. The van der Waals surface area contributed by atoms with E-state index in [2.05, 4.69) is 20.7 Å². The van der Waals surface area contributed by atoms with Crippen LogP contribution in [-0.2, 0) is 4.79 Å². The second-order valence-corrected chi connectivity index (χ2v) is 6.72. The minimum Gasteiger partial charge on any atom is -0.328 e. The molecule has 0 fully saturated rings. The normalized spacial score (nSPS) is 15.4. The van der Waals surface area contributed by atoms with Crippen LogP contribution < -0.4 is 10.6 Å². The second kappa shape index (κ2) is 7.19. The van der Waals surface area contributed by atoms with Gasteiger partial charge in [0, 0.05) is 23.5 Å². The summed E-state index contributed by atoms with van der Waals surface area (Å²) >= 11 is 0. The van der Waals surface area contributed by atoms with Gasteiger partial charge < -0.3 is 10.6 Å². The monoisotopic (exact) mass is 390 g/mol. The number of hydrogen-bond donors (Lipinski definition) is 2. The molecule has 2 aromatic carbocycles. The number of aromatic nitrogens is 3. The molecule has 1 aromatic heterocycles. The number of carbonyl (C=O) groups excluding carboxylic acids is 1. The van der Waals surface area contributed by atoms with E-state index in [0.717, 1.165) is 5.56 Å². The van der Waals surface area contributed by atoms with Crippen LogP contribution in [0.4, 0.5) is 17.3 Å². The first-order valence-electron chi connectivity index (χ1n) is 8.94. The number of nitro benzene ring substituents is 1. The number of nitrogens with one attached hydrogen (secondary N) is 2. The molecule has 0 unspecified atom stereocenters. The van der Waals surface area contributed by atoms with Gasteiger partial charge in [0.15, 0.2) is 0 Å². The van der Waals surface area contributed by atoms with Crippen LogP contribution in [0.3, 0.4) is 0 Å². The number of fused-ring (bicyclic) bond motifs is 1. The number of hydrogen-bond acceptors (Lipinski definition) is 6. The zero-order valence-corrected chi connectivity index (χ0v) is 15.8. The number of aryl methyl sites for hydroxylation is 1. The van der Waals surface area contributed by atoms with Crippen molar-refractivity contribution >= 4 is 23.2 Å². The lowest BCUT2D eigenvalue weighted by Crippen LogP contribution is -2.31. The number of allylic oxidation sites excluding steroid dienone is 1. The van der Waals surface area contributed by atoms with Gasteiger partial charge in [0.2, 0.25) is 5.95 Å². The summed E-state index contributed by atoms with van der Waals surface area (Å²) in [5, 5.41) is 21.5. The van der Waals surface area contributed by atoms with E-state index in [4.69, 9.17) is 0 Å². The molecule has 146 valence electrons. The van der Waals surface area contributed by atoms with Crippen molar-refractivity contribution in [2.75, 3.05) is 10.6 Å². The predicted molar refractivity (Wildman–Crippen MR) is 107 cm³/mol. The fourth-order valence-corrected chi connectivity index (χ4v) is 3.40. The van der Waals surface area contributed by atoms with Crippen LogP contribution in [-0.4, -0.2) is 25.6 Å². The van der Waals surface area contributed by atoms with Crippen molar-refractivity contribution in [2.24, 2.45) is 0 Å². The first-order chi connectivity index (χ1) is 14.0. The molecule has 0 aliphatic carbocycles. The van der Waals surface area contributed by atoms with Gasteiger partial charge in [-0.1, -0.05) is 30.3 Å². The molecule has 2 N–H and O–H groups in total. The standard InChI is InChI=1S/C20H18N6O3/c1-12-6-3-4-9-16(12)24-19(27)17-13(2)23-20-21-11-22-25(20)18(17)14-7-5-8-15(10-14)26(28)29/h3-11,18H,1-2H3,(H,24,27)(H,21,22,23)/t18-/m1/s1. The Labute approximate surface area is 166 Å². The van der Waals surface area contributed by atoms with E-state index >= 15 is 0 Å². The molecule has 1 aliphatic heterocycles. The summed E-state index contributed by atoms with van der Waals surface area (Å²) in [6.45, 7) is 3.68. The van der Waals surface area contributed by atoms with Crippen molar-refractivity contribution < 1.29 is 9.72 Å². The van der Waals surface area contributed by atoms with Gasteiger partial charge >= 0.3 is 0 Å². The van der Waals surface area contributed by atoms with Crippen molar-refractivity contribution in [1.82, 2.24) is 14.8 Å². The first-order valence-corrected chi connectivity index (χ1v) is 8.94. The number of benzene rings is 2. The highest BCUT2D eigenvalue weighted by Gasteiger charge is 2.34. The highest BCUT2D eigenvalue weighted by atomic mass is 16.6. The van der Waals surface area contributed by atoms with Gasteiger partial charge in [-0.3, -0.25) is 14.9 Å². The highest BCUT2D eigenvalue weighted by molar-refractivity contribution is 6.06. The lowest BCUT2D eigenvalue weighted by Gasteiger charge is -2.28. The third-order valence-corrected chi connectivity index (χ3v) is 4.83. The van der Waals surface area contributed by atoms with Crippen molar-refractivity contribution in [3.63, 3.8) is 0 Å². The highest BCUT2D eigenvalue weighted by Crippen LogP contribution is 2.36. The maximum atomic E-state index is 13.3. The topological polar surface area (TPSA) is 115 Å². The smallest absolute Gasteiger partial charge is 0.269 e. The van der Waals surface area contributed by atoms with Crippen molar-refractivity contribution in [3.05, 3.63) is 87.4 Å². The molecule has 0 spiro atoms. The van der Waals surface area contributed by atoms with Crippen LogP contribution in [0.25, 0.3) is 0 Å². The average molecular weight is 390 g/mol. The largest absolute Gasteiger partial charge is 0.328 e. The van der Waals surface area contributed by atoms with Crippen molar-refractivity contribution in [2.45, 2.75) is 19.9 Å². The number of nitrogens with zero attached hydrogens (tertiary/aromatic N) is 4. The molecule has 0 radical (unpaired) electrons. The Morgan fingerprint density at radius 1 is 1.21 bits per heavy atom. The molecule has 0 saturated heterocycles. The molecular weight excluding hydrogens is 372 g/mol. The van der Waals surface area contributed by atoms with E-state index in [-0.39, 0.29) is 11.6 Å². The lowest BCUT2D eigenvalue weighted by atomic mass is 9.94. The number of nitro groups is 1. The molecular formula is C20H18N6O3. The van der Waals surface area contributed by atoms with Crippen LogP contribution in [0.2, 0.25) is 0 Å². The molecule has 1 aliphatic rings. The second-order valence-electron chi connectivity index (χ2n) is 6.72. The molecule has 29 heavy (non-hydrogen) atoms. The SMILES string of the molecule is CC1=C(C(=O)Nc2ccccc2C)[C@@H](c2cccc([N+](=O)[O-])c2)n2ncnc2N1. The number of non-ortho nitro benzene ring substituents is 1. The fraction of sp³-hybridized carbons (Fsp3) is 0.150. The van der Waals surface area contributed by atoms with Crippen LogP contribution in [0.15, 0.2) is 66.1 Å². The number of para-hydroxylation sites is 1. The summed E-state index contributed by atoms with van der Waals surface area (Å²) in [6.07, 6.45) is 1.38. The fourth-order valence-electron chi connectivity index (χ4n) is 3.40. The van der Waals surface area contributed by atoms with Crippen molar-refractivity contribution in [1.29, 1.82) is 0 Å². The van der Waals surface area contributed by atoms with E-state index in [0.29, 0.717) is 28.5 Å². The van der Waals surface area contributed by atoms with E-state index < -0.39 is 11.0 Å². The van der Waals surface area contributed by atoms with Crippen LogP contribution in [0, 0.1) is 17.0 Å². The molecule has 4 rings (SSSR count). The number of anilines is 2. The summed E-state index contributed by atoms with van der Waals surface area (Å²) in [4.78, 5) is 28.2. The molecule has 1 atom stereocenters. The summed E-state index contributed by atoms with van der Waals surface area (Å²) in [7, 11) is 0. The lowest BCUT2D eigenvalue weighted by molar-refractivity contribution is -0.384. The van der Waals surface area contributed by atoms with Gasteiger partial charge in [-0.15, -0.1) is 0 Å².